The fourth-order valence-corrected chi connectivity index (χ4v) is 3.87. The van der Waals surface area contributed by atoms with Crippen molar-refractivity contribution in [3.05, 3.63) is 17.7 Å². The third-order valence-corrected chi connectivity index (χ3v) is 5.13. The molecule has 98 valence electrons. The van der Waals surface area contributed by atoms with E-state index in [9.17, 15) is 8.42 Å². The molecule has 0 N–H and O–H groups in total. The van der Waals surface area contributed by atoms with Gasteiger partial charge in [0.2, 0.25) is 0 Å². The van der Waals surface area contributed by atoms with Crippen molar-refractivity contribution in [2.24, 2.45) is 0 Å². The zero-order valence-corrected chi connectivity index (χ0v) is 11.5. The van der Waals surface area contributed by atoms with Gasteiger partial charge >= 0.3 is 0 Å². The predicted molar refractivity (Wildman–Crippen MR) is 67.1 cm³/mol. The number of hydrogen-bond acceptors (Lipinski definition) is 4. The molecule has 0 amide bonds. The molecule has 0 radical (unpaired) electrons. The van der Waals surface area contributed by atoms with Crippen molar-refractivity contribution >= 4 is 19.7 Å². The van der Waals surface area contributed by atoms with Gasteiger partial charge in [0.1, 0.15) is 11.5 Å². The van der Waals surface area contributed by atoms with E-state index in [-0.39, 0.29) is 16.1 Å². The number of fused-ring (bicyclic) bond motifs is 2. The fraction of sp³-hybridized carbons (Fsp3) is 0.500. The van der Waals surface area contributed by atoms with Crippen LogP contribution >= 0.6 is 10.7 Å². The van der Waals surface area contributed by atoms with Crippen LogP contribution in [0.25, 0.3) is 0 Å². The molecule has 2 aliphatic rings. The van der Waals surface area contributed by atoms with Crippen molar-refractivity contribution in [2.75, 3.05) is 13.7 Å². The summed E-state index contributed by atoms with van der Waals surface area (Å²) >= 11 is 0. The highest BCUT2D eigenvalue weighted by Gasteiger charge is 2.49. The lowest BCUT2D eigenvalue weighted by Crippen LogP contribution is -2.21. The van der Waals surface area contributed by atoms with E-state index < -0.39 is 9.05 Å². The summed E-state index contributed by atoms with van der Waals surface area (Å²) in [4.78, 5) is -0.0323. The Morgan fingerprint density at radius 1 is 1.33 bits per heavy atom. The average Bonchev–Trinajstić information content (AvgIpc) is 3.07. The molecule has 4 nitrogen and oxygen atoms in total. The summed E-state index contributed by atoms with van der Waals surface area (Å²) < 4.78 is 34.1. The first-order chi connectivity index (χ1) is 8.48. The summed E-state index contributed by atoms with van der Waals surface area (Å²) in [7, 11) is 3.04. The normalized spacial score (nSPS) is 20.1. The van der Waals surface area contributed by atoms with Crippen LogP contribution in [0.4, 0.5) is 0 Å². The van der Waals surface area contributed by atoms with Gasteiger partial charge in [0.25, 0.3) is 9.05 Å². The lowest BCUT2D eigenvalue weighted by atomic mass is 9.90. The first-order valence-electron chi connectivity index (χ1n) is 5.77. The SMILES string of the molecule is COc1ccc2c(c1S(=O)(=O)Cl)OCCC21CC1. The number of methoxy groups -OCH3 is 1. The van der Waals surface area contributed by atoms with E-state index in [4.69, 9.17) is 20.2 Å². The van der Waals surface area contributed by atoms with E-state index in [0.29, 0.717) is 12.4 Å². The van der Waals surface area contributed by atoms with E-state index in [1.165, 1.54) is 7.11 Å². The maximum absolute atomic E-state index is 11.7. The first kappa shape index (κ1) is 12.1. The van der Waals surface area contributed by atoms with Gasteiger partial charge in [0.15, 0.2) is 4.90 Å². The lowest BCUT2D eigenvalue weighted by molar-refractivity contribution is 0.250. The summed E-state index contributed by atoms with van der Waals surface area (Å²) in [5, 5.41) is 0. The van der Waals surface area contributed by atoms with Crippen LogP contribution in [0.1, 0.15) is 24.8 Å². The Morgan fingerprint density at radius 3 is 2.61 bits per heavy atom. The van der Waals surface area contributed by atoms with E-state index >= 15 is 0 Å². The second kappa shape index (κ2) is 3.78. The van der Waals surface area contributed by atoms with Gasteiger partial charge in [-0.15, -0.1) is 0 Å². The van der Waals surface area contributed by atoms with Crippen molar-refractivity contribution in [1.82, 2.24) is 0 Å². The van der Waals surface area contributed by atoms with Crippen LogP contribution in [0.3, 0.4) is 0 Å². The molecule has 0 unspecified atom stereocenters. The lowest BCUT2D eigenvalue weighted by Gasteiger charge is -2.27. The number of hydrogen-bond donors (Lipinski definition) is 0. The first-order valence-corrected chi connectivity index (χ1v) is 8.08. The number of halogens is 1. The Hall–Kier alpha value is -0.940. The van der Waals surface area contributed by atoms with Crippen LogP contribution in [0.5, 0.6) is 11.5 Å². The largest absolute Gasteiger partial charge is 0.495 e. The Labute approximate surface area is 110 Å². The van der Waals surface area contributed by atoms with Gasteiger partial charge in [-0.3, -0.25) is 0 Å². The van der Waals surface area contributed by atoms with Crippen molar-refractivity contribution < 1.29 is 17.9 Å². The highest BCUT2D eigenvalue weighted by Crippen LogP contribution is 2.58. The van der Waals surface area contributed by atoms with Crippen molar-refractivity contribution in [2.45, 2.75) is 29.6 Å². The molecule has 0 bridgehead atoms. The molecule has 1 fully saturated rings. The molecule has 1 aromatic carbocycles. The Balaban J connectivity index is 2.29. The van der Waals surface area contributed by atoms with Gasteiger partial charge < -0.3 is 9.47 Å². The molecular formula is C12H13ClO4S. The fourth-order valence-electron chi connectivity index (χ4n) is 2.65. The molecule has 3 rings (SSSR count). The zero-order chi connectivity index (χ0) is 13.0. The summed E-state index contributed by atoms with van der Waals surface area (Å²) in [6, 6.07) is 3.55. The van der Waals surface area contributed by atoms with Crippen LogP contribution in [-0.2, 0) is 14.5 Å². The molecule has 6 heteroatoms. The quantitative estimate of drug-likeness (QED) is 0.784. The number of benzene rings is 1. The summed E-state index contributed by atoms with van der Waals surface area (Å²) in [5.41, 5.74) is 1.06. The van der Waals surface area contributed by atoms with Crippen LogP contribution in [0.15, 0.2) is 17.0 Å². The molecule has 1 aliphatic heterocycles. The van der Waals surface area contributed by atoms with E-state index in [1.807, 2.05) is 6.07 Å². The maximum Gasteiger partial charge on any atom is 0.268 e. The average molecular weight is 289 g/mol. The van der Waals surface area contributed by atoms with Crippen LogP contribution in [0, 0.1) is 0 Å². The van der Waals surface area contributed by atoms with E-state index in [2.05, 4.69) is 0 Å². The molecular weight excluding hydrogens is 276 g/mol. The van der Waals surface area contributed by atoms with E-state index in [0.717, 1.165) is 24.8 Å². The highest BCUT2D eigenvalue weighted by atomic mass is 35.7. The topological polar surface area (TPSA) is 52.6 Å². The van der Waals surface area contributed by atoms with Gasteiger partial charge in [0, 0.05) is 21.7 Å². The standard InChI is InChI=1S/C12H13ClO4S/c1-16-9-3-2-8-10(11(9)18(13,14)15)17-7-6-12(8)4-5-12/h2-3H,4-7H2,1H3. The zero-order valence-electron chi connectivity index (χ0n) is 9.90. The van der Waals surface area contributed by atoms with Gasteiger partial charge in [-0.25, -0.2) is 8.42 Å². The minimum atomic E-state index is -3.89. The minimum absolute atomic E-state index is 0.0323. The molecule has 1 heterocycles. The molecule has 1 saturated carbocycles. The van der Waals surface area contributed by atoms with Gasteiger partial charge in [-0.2, -0.15) is 0 Å². The van der Waals surface area contributed by atoms with Crippen LogP contribution < -0.4 is 9.47 Å². The van der Waals surface area contributed by atoms with Crippen molar-refractivity contribution in [3.8, 4) is 11.5 Å². The van der Waals surface area contributed by atoms with Crippen molar-refractivity contribution in [1.29, 1.82) is 0 Å². The predicted octanol–water partition coefficient (Wildman–Crippen LogP) is 2.44. The van der Waals surface area contributed by atoms with E-state index in [1.54, 1.807) is 6.07 Å². The second-order valence-electron chi connectivity index (χ2n) is 4.79. The monoisotopic (exact) mass is 288 g/mol. The Kier molecular flexibility index (Phi) is 2.54. The van der Waals surface area contributed by atoms with Crippen LogP contribution in [-0.4, -0.2) is 22.1 Å². The van der Waals surface area contributed by atoms with Gasteiger partial charge in [-0.05, 0) is 25.3 Å². The minimum Gasteiger partial charge on any atom is -0.495 e. The molecule has 1 aromatic rings. The summed E-state index contributed by atoms with van der Waals surface area (Å²) in [6.45, 7) is 0.527. The molecule has 0 saturated heterocycles. The smallest absolute Gasteiger partial charge is 0.268 e. The van der Waals surface area contributed by atoms with Crippen LogP contribution in [0.2, 0.25) is 0 Å². The molecule has 18 heavy (non-hydrogen) atoms. The Morgan fingerprint density at radius 2 is 2.06 bits per heavy atom. The third-order valence-electron chi connectivity index (χ3n) is 3.79. The van der Waals surface area contributed by atoms with Gasteiger partial charge in [0.05, 0.1) is 13.7 Å². The summed E-state index contributed by atoms with van der Waals surface area (Å²) in [6.07, 6.45) is 3.10. The van der Waals surface area contributed by atoms with Gasteiger partial charge in [-0.1, -0.05) is 6.07 Å². The molecule has 0 atom stereocenters. The molecule has 0 aromatic heterocycles. The second-order valence-corrected chi connectivity index (χ2v) is 7.29. The Bertz CT molecular complexity index is 605. The highest BCUT2D eigenvalue weighted by molar-refractivity contribution is 8.14. The van der Waals surface area contributed by atoms with Crippen molar-refractivity contribution in [3.63, 3.8) is 0 Å². The summed E-state index contributed by atoms with van der Waals surface area (Å²) in [5.74, 6) is 0.620. The number of rotatable bonds is 2. The molecule has 1 aliphatic carbocycles. The third kappa shape index (κ3) is 1.68. The maximum atomic E-state index is 11.7. The molecule has 1 spiro atoms. The number of ether oxygens (including phenoxy) is 2.